The van der Waals surface area contributed by atoms with Crippen LogP contribution in [0.1, 0.15) is 6.92 Å². The first kappa shape index (κ1) is 7.02. The van der Waals surface area contributed by atoms with Crippen molar-refractivity contribution in [3.8, 4) is 0 Å². The third kappa shape index (κ3) is 5.02. The Hall–Kier alpha value is -0.980. The summed E-state index contributed by atoms with van der Waals surface area (Å²) >= 11 is 0. The zero-order valence-electron chi connectivity index (χ0n) is 4.87. The highest BCUT2D eigenvalue weighted by Gasteiger charge is 1.57. The molecule has 0 rings (SSSR count). The van der Waals surface area contributed by atoms with E-state index < -0.39 is 0 Å². The lowest BCUT2D eigenvalue weighted by molar-refractivity contribution is 0.352. The second-order valence-electron chi connectivity index (χ2n) is 1.24. The van der Waals surface area contributed by atoms with Gasteiger partial charge in [0.05, 0.1) is 0 Å². The van der Waals surface area contributed by atoms with Crippen molar-refractivity contribution in [3.05, 3.63) is 36.6 Å². The molecule has 0 spiro atoms. The van der Waals surface area contributed by atoms with Crippen molar-refractivity contribution in [2.24, 2.45) is 0 Å². The molecular formula is C7H9O. The molecule has 0 aromatic rings. The molecule has 0 aliphatic carbocycles. The van der Waals surface area contributed by atoms with Gasteiger partial charge in [0.1, 0.15) is 6.26 Å². The minimum absolute atomic E-state index is 0.750. The molecule has 1 nitrogen and oxygen atoms in total. The van der Waals surface area contributed by atoms with Gasteiger partial charge < -0.3 is 0 Å². The normalized spacial score (nSPS) is 12.6. The Balaban J connectivity index is 3.35. The summed E-state index contributed by atoms with van der Waals surface area (Å²) in [7, 11) is 0. The van der Waals surface area contributed by atoms with Gasteiger partial charge in [0.15, 0.2) is 0 Å². The van der Waals surface area contributed by atoms with Gasteiger partial charge in [-0.3, -0.25) is 5.11 Å². The molecule has 8 heavy (non-hydrogen) atoms. The number of hydrogen-bond acceptors (Lipinski definition) is 0. The summed E-state index contributed by atoms with van der Waals surface area (Å²) in [6.45, 7) is 1.92. The van der Waals surface area contributed by atoms with Crippen LogP contribution in [-0.4, -0.2) is 0 Å². The molecule has 1 radical (unpaired) electrons. The molecule has 0 atom stereocenters. The second-order valence-corrected chi connectivity index (χ2v) is 1.24. The van der Waals surface area contributed by atoms with Crippen molar-refractivity contribution >= 4 is 0 Å². The lowest BCUT2D eigenvalue weighted by atomic mass is 10.4. The lowest BCUT2D eigenvalue weighted by Crippen LogP contribution is -1.47. The molecule has 0 amide bonds. The molecule has 0 fully saturated rings. The van der Waals surface area contributed by atoms with Crippen LogP contribution in [0.4, 0.5) is 0 Å². The summed E-state index contributed by atoms with van der Waals surface area (Å²) in [5.74, 6) is 0. The summed E-state index contributed by atoms with van der Waals surface area (Å²) in [5.41, 5.74) is 0. The third-order valence-electron chi connectivity index (χ3n) is 0.604. The fourth-order valence-corrected chi connectivity index (χ4v) is 0.285. The molecule has 0 bridgehead atoms. The van der Waals surface area contributed by atoms with E-state index in [9.17, 15) is 5.11 Å². The van der Waals surface area contributed by atoms with E-state index in [0.29, 0.717) is 0 Å². The maximum absolute atomic E-state index is 9.64. The van der Waals surface area contributed by atoms with Crippen LogP contribution in [0.2, 0.25) is 0 Å². The molecule has 0 aliphatic heterocycles. The van der Waals surface area contributed by atoms with Crippen LogP contribution in [0, 0.1) is 0 Å². The van der Waals surface area contributed by atoms with Crippen molar-refractivity contribution < 1.29 is 5.11 Å². The summed E-state index contributed by atoms with van der Waals surface area (Å²) in [6.07, 6.45) is 9.44. The minimum Gasteiger partial charge on any atom is -0.299 e. The van der Waals surface area contributed by atoms with E-state index in [4.69, 9.17) is 0 Å². The molecule has 0 saturated heterocycles. The Morgan fingerprint density at radius 1 is 1.00 bits per heavy atom. The second kappa shape index (κ2) is 6.02. The summed E-state index contributed by atoms with van der Waals surface area (Å²) in [6, 6.07) is 0. The predicted molar refractivity (Wildman–Crippen MR) is 33.8 cm³/mol. The Labute approximate surface area is 49.7 Å². The van der Waals surface area contributed by atoms with Crippen LogP contribution < -0.4 is 0 Å². The van der Waals surface area contributed by atoms with E-state index in [0.717, 1.165) is 6.26 Å². The largest absolute Gasteiger partial charge is 0.299 e. The minimum atomic E-state index is 0.750. The average molecular weight is 109 g/mol. The Morgan fingerprint density at radius 3 is 2.12 bits per heavy atom. The topological polar surface area (TPSA) is 19.9 Å². The molecule has 1 heteroatoms. The summed E-state index contributed by atoms with van der Waals surface area (Å²) < 4.78 is 0. The van der Waals surface area contributed by atoms with E-state index in [2.05, 4.69) is 0 Å². The van der Waals surface area contributed by atoms with Crippen molar-refractivity contribution in [3.63, 3.8) is 0 Å². The quantitative estimate of drug-likeness (QED) is 0.382. The van der Waals surface area contributed by atoms with Crippen LogP contribution in [0.3, 0.4) is 0 Å². The molecule has 0 heterocycles. The van der Waals surface area contributed by atoms with Gasteiger partial charge in [-0.1, -0.05) is 24.3 Å². The van der Waals surface area contributed by atoms with E-state index in [1.807, 2.05) is 19.1 Å². The standard InChI is InChI=1S/C7H9O/c1-2-3-4-5-6-7-8/h2-7H,1H3. The van der Waals surface area contributed by atoms with Gasteiger partial charge in [-0.05, 0) is 13.0 Å². The molecule has 0 aliphatic rings. The highest BCUT2D eigenvalue weighted by molar-refractivity contribution is 5.08. The maximum Gasteiger partial charge on any atom is 0.142 e. The van der Waals surface area contributed by atoms with Crippen molar-refractivity contribution in [2.45, 2.75) is 6.92 Å². The van der Waals surface area contributed by atoms with Crippen LogP contribution in [-0.2, 0) is 5.11 Å². The molecule has 0 saturated carbocycles. The zero-order chi connectivity index (χ0) is 6.24. The van der Waals surface area contributed by atoms with Gasteiger partial charge in [-0.2, -0.15) is 0 Å². The van der Waals surface area contributed by atoms with Gasteiger partial charge in [-0.15, -0.1) is 0 Å². The first-order valence-corrected chi connectivity index (χ1v) is 2.48. The molecule has 0 aromatic carbocycles. The first-order valence-electron chi connectivity index (χ1n) is 2.48. The van der Waals surface area contributed by atoms with E-state index in [1.165, 1.54) is 6.08 Å². The van der Waals surface area contributed by atoms with Crippen LogP contribution in [0.15, 0.2) is 36.6 Å². The molecule has 43 valence electrons. The maximum atomic E-state index is 9.64. The van der Waals surface area contributed by atoms with Crippen molar-refractivity contribution in [1.29, 1.82) is 0 Å². The van der Waals surface area contributed by atoms with E-state index >= 15 is 0 Å². The fourth-order valence-electron chi connectivity index (χ4n) is 0.285. The van der Waals surface area contributed by atoms with Crippen LogP contribution in [0.5, 0.6) is 0 Å². The highest BCUT2D eigenvalue weighted by atomic mass is 16.2. The number of allylic oxidation sites excluding steroid dienone is 5. The Kier molecular flexibility index (Phi) is 5.28. The molecule has 0 aromatic heterocycles. The SMILES string of the molecule is CC=CC=CC=C[O]. The number of rotatable bonds is 2. The van der Waals surface area contributed by atoms with E-state index in [-0.39, 0.29) is 0 Å². The smallest absolute Gasteiger partial charge is 0.142 e. The molecule has 0 unspecified atom stereocenters. The van der Waals surface area contributed by atoms with Gasteiger partial charge >= 0.3 is 0 Å². The predicted octanol–water partition coefficient (Wildman–Crippen LogP) is 2.06. The van der Waals surface area contributed by atoms with Crippen molar-refractivity contribution in [1.82, 2.24) is 0 Å². The first-order chi connectivity index (χ1) is 3.91. The van der Waals surface area contributed by atoms with Gasteiger partial charge in [0.25, 0.3) is 0 Å². The molecule has 0 N–H and O–H groups in total. The number of hydrogen-bond donors (Lipinski definition) is 0. The monoisotopic (exact) mass is 109 g/mol. The van der Waals surface area contributed by atoms with E-state index in [1.54, 1.807) is 12.2 Å². The van der Waals surface area contributed by atoms with Gasteiger partial charge in [0, 0.05) is 0 Å². The summed E-state index contributed by atoms with van der Waals surface area (Å²) in [4.78, 5) is 0. The Morgan fingerprint density at radius 2 is 1.62 bits per heavy atom. The highest BCUT2D eigenvalue weighted by Crippen LogP contribution is 1.76. The van der Waals surface area contributed by atoms with Crippen molar-refractivity contribution in [2.75, 3.05) is 0 Å². The van der Waals surface area contributed by atoms with Crippen LogP contribution >= 0.6 is 0 Å². The van der Waals surface area contributed by atoms with Gasteiger partial charge in [-0.25, -0.2) is 0 Å². The summed E-state index contributed by atoms with van der Waals surface area (Å²) in [5, 5.41) is 9.64. The Bertz CT molecular complexity index is 95.6. The lowest BCUT2D eigenvalue weighted by Gasteiger charge is -1.66. The third-order valence-corrected chi connectivity index (χ3v) is 0.604. The average Bonchev–Trinajstić information content (AvgIpc) is 1.81. The van der Waals surface area contributed by atoms with Crippen LogP contribution in [0.25, 0.3) is 0 Å². The zero-order valence-corrected chi connectivity index (χ0v) is 4.87. The van der Waals surface area contributed by atoms with Gasteiger partial charge in [0.2, 0.25) is 0 Å². The fraction of sp³-hybridized carbons (Fsp3) is 0.143. The molecular weight excluding hydrogens is 100 g/mol.